The van der Waals surface area contributed by atoms with E-state index in [2.05, 4.69) is 20.6 Å². The van der Waals surface area contributed by atoms with Crippen molar-refractivity contribution in [1.29, 1.82) is 0 Å². The van der Waals surface area contributed by atoms with Gasteiger partial charge in [0.15, 0.2) is 0 Å². The lowest BCUT2D eigenvalue weighted by molar-refractivity contribution is 0.0528. The number of nitrogens with zero attached hydrogens (tertiary/aromatic N) is 2. The van der Waals surface area contributed by atoms with Crippen LogP contribution in [0.3, 0.4) is 0 Å². The Balaban J connectivity index is 1.71. The van der Waals surface area contributed by atoms with Crippen molar-refractivity contribution in [3.05, 3.63) is 29.9 Å². The molecule has 0 atom stereocenters. The lowest BCUT2D eigenvalue weighted by Crippen LogP contribution is -2.33. The molecule has 2 heterocycles. The Hall–Kier alpha value is -2.15. The van der Waals surface area contributed by atoms with Gasteiger partial charge in [-0.15, -0.1) is 11.3 Å². The van der Waals surface area contributed by atoms with Crippen LogP contribution < -0.4 is 10.6 Å². The van der Waals surface area contributed by atoms with Gasteiger partial charge in [-0.1, -0.05) is 6.07 Å². The first-order valence-corrected chi connectivity index (χ1v) is 8.39. The van der Waals surface area contributed by atoms with Gasteiger partial charge in [0.1, 0.15) is 17.7 Å². The van der Waals surface area contributed by atoms with E-state index in [0.717, 1.165) is 22.8 Å². The molecule has 0 saturated carbocycles. The van der Waals surface area contributed by atoms with Crippen LogP contribution in [0.1, 0.15) is 27.2 Å². The largest absolute Gasteiger partial charge is 0.444 e. The summed E-state index contributed by atoms with van der Waals surface area (Å²) in [5, 5.41) is 7.98. The molecule has 0 aromatic carbocycles. The Morgan fingerprint density at radius 3 is 2.83 bits per heavy atom. The highest BCUT2D eigenvalue weighted by molar-refractivity contribution is 7.13. The summed E-state index contributed by atoms with van der Waals surface area (Å²) in [4.78, 5) is 21.1. The van der Waals surface area contributed by atoms with Crippen LogP contribution in [0.2, 0.25) is 0 Å². The normalized spacial score (nSPS) is 11.1. The van der Waals surface area contributed by atoms with Gasteiger partial charge in [0.25, 0.3) is 0 Å². The maximum atomic E-state index is 11.5. The Morgan fingerprint density at radius 2 is 2.13 bits per heavy atom. The second-order valence-electron chi connectivity index (χ2n) is 5.97. The standard InChI is InChI=1S/C16H22N4O2S/c1-16(2,3)22-15(21)18-8-5-7-17-14-10-12(19-11-20-14)13-6-4-9-23-13/h4,6,9-11H,5,7-8H2,1-3H3,(H,18,21)(H,17,19,20). The van der Waals surface area contributed by atoms with E-state index in [9.17, 15) is 4.79 Å². The van der Waals surface area contributed by atoms with Crippen LogP contribution in [-0.4, -0.2) is 34.8 Å². The van der Waals surface area contributed by atoms with E-state index >= 15 is 0 Å². The molecule has 23 heavy (non-hydrogen) atoms. The number of nitrogens with one attached hydrogen (secondary N) is 2. The topological polar surface area (TPSA) is 76.1 Å². The molecule has 0 saturated heterocycles. The number of anilines is 1. The van der Waals surface area contributed by atoms with Crippen molar-refractivity contribution in [2.24, 2.45) is 0 Å². The van der Waals surface area contributed by atoms with Crippen molar-refractivity contribution in [2.45, 2.75) is 32.8 Å². The number of carbonyl (C=O) groups excluding carboxylic acids is 1. The van der Waals surface area contributed by atoms with Gasteiger partial charge in [0.05, 0.1) is 10.6 Å². The summed E-state index contributed by atoms with van der Waals surface area (Å²) in [6, 6.07) is 5.95. The van der Waals surface area contributed by atoms with Crippen LogP contribution in [0.4, 0.5) is 10.6 Å². The summed E-state index contributed by atoms with van der Waals surface area (Å²) >= 11 is 1.64. The minimum Gasteiger partial charge on any atom is -0.444 e. The van der Waals surface area contributed by atoms with E-state index in [1.165, 1.54) is 0 Å². The van der Waals surface area contributed by atoms with Crippen LogP contribution in [0.5, 0.6) is 0 Å². The van der Waals surface area contributed by atoms with Crippen LogP contribution >= 0.6 is 11.3 Å². The molecule has 2 aromatic rings. The van der Waals surface area contributed by atoms with Gasteiger partial charge >= 0.3 is 6.09 Å². The minimum atomic E-state index is -0.471. The SMILES string of the molecule is CC(C)(C)OC(=O)NCCCNc1cc(-c2cccs2)ncn1. The minimum absolute atomic E-state index is 0.389. The van der Waals surface area contributed by atoms with Crippen LogP contribution in [0, 0.1) is 0 Å². The number of thiophene rings is 1. The molecular formula is C16H22N4O2S. The highest BCUT2D eigenvalue weighted by atomic mass is 32.1. The Kier molecular flexibility index (Phi) is 5.92. The van der Waals surface area contributed by atoms with Crippen molar-refractivity contribution >= 4 is 23.2 Å². The van der Waals surface area contributed by atoms with Crippen molar-refractivity contribution in [1.82, 2.24) is 15.3 Å². The van der Waals surface area contributed by atoms with Crippen molar-refractivity contribution in [3.8, 4) is 10.6 Å². The van der Waals surface area contributed by atoms with Gasteiger partial charge in [0, 0.05) is 19.2 Å². The van der Waals surface area contributed by atoms with Gasteiger partial charge in [0.2, 0.25) is 0 Å². The van der Waals surface area contributed by atoms with Crippen molar-refractivity contribution in [2.75, 3.05) is 18.4 Å². The van der Waals surface area contributed by atoms with Crippen LogP contribution in [0.15, 0.2) is 29.9 Å². The fraction of sp³-hybridized carbons (Fsp3) is 0.438. The monoisotopic (exact) mass is 334 g/mol. The third-order valence-corrected chi connectivity index (χ3v) is 3.66. The molecular weight excluding hydrogens is 312 g/mol. The van der Waals surface area contributed by atoms with E-state index in [0.29, 0.717) is 13.1 Å². The highest BCUT2D eigenvalue weighted by Crippen LogP contribution is 2.23. The average molecular weight is 334 g/mol. The molecule has 7 heteroatoms. The fourth-order valence-corrected chi connectivity index (χ4v) is 2.52. The number of hydrogen-bond donors (Lipinski definition) is 2. The molecule has 6 nitrogen and oxygen atoms in total. The molecule has 1 amide bonds. The van der Waals surface area contributed by atoms with E-state index in [-0.39, 0.29) is 6.09 Å². The van der Waals surface area contributed by atoms with Crippen LogP contribution in [-0.2, 0) is 4.74 Å². The van der Waals surface area contributed by atoms with Gasteiger partial charge in [-0.05, 0) is 38.6 Å². The lowest BCUT2D eigenvalue weighted by Gasteiger charge is -2.19. The zero-order chi connectivity index (χ0) is 16.7. The number of amides is 1. The molecule has 2 aromatic heterocycles. The number of carbonyl (C=O) groups is 1. The Labute approximate surface area is 140 Å². The molecule has 0 radical (unpaired) electrons. The van der Waals surface area contributed by atoms with Gasteiger partial charge in [-0.3, -0.25) is 0 Å². The molecule has 0 fully saturated rings. The van der Waals surface area contributed by atoms with Gasteiger partial charge in [-0.2, -0.15) is 0 Å². The van der Waals surface area contributed by atoms with Gasteiger partial charge in [-0.25, -0.2) is 14.8 Å². The maximum Gasteiger partial charge on any atom is 0.407 e. The van der Waals surface area contributed by atoms with Crippen LogP contribution in [0.25, 0.3) is 10.6 Å². The molecule has 0 aliphatic carbocycles. The summed E-state index contributed by atoms with van der Waals surface area (Å²) in [6.45, 7) is 6.78. The zero-order valence-electron chi connectivity index (χ0n) is 13.6. The second-order valence-corrected chi connectivity index (χ2v) is 6.92. The molecule has 0 spiro atoms. The van der Waals surface area contributed by atoms with E-state index in [4.69, 9.17) is 4.74 Å². The molecule has 0 aliphatic rings. The lowest BCUT2D eigenvalue weighted by atomic mass is 10.2. The average Bonchev–Trinajstić information content (AvgIpc) is 2.99. The molecule has 0 unspecified atom stereocenters. The summed E-state index contributed by atoms with van der Waals surface area (Å²) in [6.07, 6.45) is 1.94. The molecule has 124 valence electrons. The third-order valence-electron chi connectivity index (χ3n) is 2.77. The maximum absolute atomic E-state index is 11.5. The number of ether oxygens (including phenoxy) is 1. The molecule has 2 N–H and O–H groups in total. The smallest absolute Gasteiger partial charge is 0.407 e. The summed E-state index contributed by atoms with van der Waals surface area (Å²) in [5.41, 5.74) is 0.436. The number of hydrogen-bond acceptors (Lipinski definition) is 6. The zero-order valence-corrected chi connectivity index (χ0v) is 14.4. The second kappa shape index (κ2) is 7.92. The number of aromatic nitrogens is 2. The first kappa shape index (κ1) is 17.2. The summed E-state index contributed by atoms with van der Waals surface area (Å²) < 4.78 is 5.17. The first-order chi connectivity index (χ1) is 10.9. The van der Waals surface area contributed by atoms with Gasteiger partial charge < -0.3 is 15.4 Å². The van der Waals surface area contributed by atoms with E-state index in [1.54, 1.807) is 17.7 Å². The third kappa shape index (κ3) is 6.23. The molecule has 0 aliphatic heterocycles. The number of alkyl carbamates (subject to hydrolysis) is 1. The van der Waals surface area contributed by atoms with E-state index in [1.807, 2.05) is 44.4 Å². The highest BCUT2D eigenvalue weighted by Gasteiger charge is 2.15. The molecule has 2 rings (SSSR count). The number of rotatable bonds is 6. The Bertz CT molecular complexity index is 623. The molecule has 0 bridgehead atoms. The van der Waals surface area contributed by atoms with Crippen molar-refractivity contribution in [3.63, 3.8) is 0 Å². The predicted octanol–water partition coefficient (Wildman–Crippen LogP) is 3.53. The predicted molar refractivity (Wildman–Crippen MR) is 92.7 cm³/mol. The fourth-order valence-electron chi connectivity index (χ4n) is 1.82. The quantitative estimate of drug-likeness (QED) is 0.790. The van der Waals surface area contributed by atoms with E-state index < -0.39 is 5.60 Å². The first-order valence-electron chi connectivity index (χ1n) is 7.51. The Morgan fingerprint density at radius 1 is 1.30 bits per heavy atom. The van der Waals surface area contributed by atoms with Crippen molar-refractivity contribution < 1.29 is 9.53 Å². The summed E-state index contributed by atoms with van der Waals surface area (Å²) in [5.74, 6) is 0.778. The summed E-state index contributed by atoms with van der Waals surface area (Å²) in [7, 11) is 0.